The van der Waals surface area contributed by atoms with Crippen molar-refractivity contribution in [1.82, 2.24) is 24.9 Å². The van der Waals surface area contributed by atoms with E-state index >= 15 is 0 Å². The van der Waals surface area contributed by atoms with E-state index in [2.05, 4.69) is 35.6 Å². The first-order valence-electron chi connectivity index (χ1n) is 9.08. The molecule has 0 atom stereocenters. The van der Waals surface area contributed by atoms with Crippen LogP contribution in [-0.4, -0.2) is 38.0 Å². The molecule has 0 aliphatic carbocycles. The van der Waals surface area contributed by atoms with Crippen LogP contribution in [0.1, 0.15) is 5.56 Å². The van der Waals surface area contributed by atoms with Gasteiger partial charge in [0.25, 0.3) is 5.95 Å². The molecule has 10 nitrogen and oxygen atoms in total. The van der Waals surface area contributed by atoms with Gasteiger partial charge in [0.05, 0.1) is 6.33 Å². The van der Waals surface area contributed by atoms with Crippen molar-refractivity contribution in [3.05, 3.63) is 72.6 Å². The average molecular weight is 402 g/mol. The van der Waals surface area contributed by atoms with Crippen LogP contribution in [0.2, 0.25) is 0 Å². The molecule has 4 rings (SSSR count). The lowest BCUT2D eigenvalue weighted by atomic mass is 10.2. The predicted molar refractivity (Wildman–Crippen MR) is 110 cm³/mol. The molecule has 2 amide bonds. The molecule has 150 valence electrons. The van der Waals surface area contributed by atoms with Gasteiger partial charge in [-0.15, -0.1) is 0 Å². The van der Waals surface area contributed by atoms with E-state index in [0.717, 1.165) is 10.6 Å². The lowest BCUT2D eigenvalue weighted by Crippen LogP contribution is -2.26. The molecule has 2 N–H and O–H groups in total. The van der Waals surface area contributed by atoms with Gasteiger partial charge in [0, 0.05) is 12.7 Å². The van der Waals surface area contributed by atoms with Crippen molar-refractivity contribution in [1.29, 1.82) is 0 Å². The summed E-state index contributed by atoms with van der Waals surface area (Å²) in [5.41, 5.74) is 2.58. The molecule has 0 saturated carbocycles. The molecule has 0 saturated heterocycles. The zero-order valence-electron chi connectivity index (χ0n) is 16.1. The molecule has 4 aromatic rings. The third-order valence-electron chi connectivity index (χ3n) is 4.05. The summed E-state index contributed by atoms with van der Waals surface area (Å²) in [6.45, 7) is 0.321. The highest BCUT2D eigenvalue weighted by Crippen LogP contribution is 2.23. The zero-order chi connectivity index (χ0) is 20.8. The van der Waals surface area contributed by atoms with E-state index in [1.807, 2.05) is 48.5 Å². The highest BCUT2D eigenvalue weighted by atomic mass is 16.5. The number of nitrogens with zero attached hydrogens (tertiary/aromatic N) is 6. The van der Waals surface area contributed by atoms with Crippen LogP contribution in [0.25, 0.3) is 11.2 Å². The maximum Gasteiger partial charge on any atom is 0.343 e. The van der Waals surface area contributed by atoms with E-state index in [-0.39, 0.29) is 5.95 Å². The number of rotatable bonds is 6. The van der Waals surface area contributed by atoms with E-state index in [9.17, 15) is 4.79 Å². The minimum absolute atomic E-state index is 0.0250. The van der Waals surface area contributed by atoms with Crippen molar-refractivity contribution in [2.45, 2.75) is 6.61 Å². The van der Waals surface area contributed by atoms with Crippen molar-refractivity contribution in [3.8, 4) is 5.88 Å². The Balaban J connectivity index is 1.48. The summed E-state index contributed by atoms with van der Waals surface area (Å²) in [4.78, 5) is 27.8. The van der Waals surface area contributed by atoms with Gasteiger partial charge >= 0.3 is 6.03 Å². The van der Waals surface area contributed by atoms with Gasteiger partial charge in [-0.25, -0.2) is 9.78 Å². The number of aromatic nitrogens is 4. The smallest absolute Gasteiger partial charge is 0.343 e. The fraction of sp³-hybridized carbons (Fsp3) is 0.100. The summed E-state index contributed by atoms with van der Waals surface area (Å²) in [7, 11) is 1.47. The molecule has 2 heterocycles. The van der Waals surface area contributed by atoms with Crippen LogP contribution >= 0.6 is 0 Å². The van der Waals surface area contributed by atoms with Crippen LogP contribution in [-0.2, 0) is 6.61 Å². The lowest BCUT2D eigenvalue weighted by molar-refractivity contribution is 0.221. The molecular weight excluding hydrogens is 384 g/mol. The second-order valence-electron chi connectivity index (χ2n) is 6.21. The monoisotopic (exact) mass is 402 g/mol. The van der Waals surface area contributed by atoms with Gasteiger partial charge in [-0.05, 0) is 17.7 Å². The van der Waals surface area contributed by atoms with E-state index in [4.69, 9.17) is 4.74 Å². The van der Waals surface area contributed by atoms with E-state index in [1.54, 1.807) is 12.1 Å². The van der Waals surface area contributed by atoms with Gasteiger partial charge < -0.3 is 15.0 Å². The topological polar surface area (TPSA) is 121 Å². The van der Waals surface area contributed by atoms with E-state index in [1.165, 1.54) is 13.4 Å². The normalized spacial score (nSPS) is 11.0. The van der Waals surface area contributed by atoms with Gasteiger partial charge in [0.1, 0.15) is 12.1 Å². The third kappa shape index (κ3) is 4.55. The maximum atomic E-state index is 12.2. The number of hydrogen-bond acceptors (Lipinski definition) is 7. The standard InChI is InChI=1S/C20H18N8O2/c1-28(20(29)23-15-10-6-3-7-11-15)27-26-19-24-17-16(21-13-22-17)18(25-19)30-12-14-8-4-2-5-9-14/h2-11,13H,12H2,1H3,(H,23,29)(H,21,22,24,25)/b27-26+. The first-order chi connectivity index (χ1) is 14.7. The molecule has 0 aliphatic heterocycles. The summed E-state index contributed by atoms with van der Waals surface area (Å²) < 4.78 is 5.82. The maximum absolute atomic E-state index is 12.2. The number of fused-ring (bicyclic) bond motifs is 1. The van der Waals surface area contributed by atoms with Crippen molar-refractivity contribution >= 4 is 28.8 Å². The molecule has 2 aromatic heterocycles. The number of imidazole rings is 1. The summed E-state index contributed by atoms with van der Waals surface area (Å²) in [6, 6.07) is 18.3. The molecule has 0 radical (unpaired) electrons. The minimum atomic E-state index is -0.452. The molecule has 2 aromatic carbocycles. The van der Waals surface area contributed by atoms with E-state index in [0.29, 0.717) is 29.3 Å². The Morgan fingerprint density at radius 2 is 1.83 bits per heavy atom. The van der Waals surface area contributed by atoms with Crippen LogP contribution in [0, 0.1) is 0 Å². The number of benzene rings is 2. The summed E-state index contributed by atoms with van der Waals surface area (Å²) in [5.74, 6) is 0.323. The number of nitrogens with one attached hydrogen (secondary N) is 2. The fourth-order valence-electron chi connectivity index (χ4n) is 2.54. The van der Waals surface area contributed by atoms with Crippen LogP contribution in [0.3, 0.4) is 0 Å². The van der Waals surface area contributed by atoms with Gasteiger partial charge in [-0.2, -0.15) is 15.0 Å². The van der Waals surface area contributed by atoms with Crippen LogP contribution in [0.5, 0.6) is 5.88 Å². The molecule has 0 fully saturated rings. The Morgan fingerprint density at radius 3 is 2.60 bits per heavy atom. The predicted octanol–water partition coefficient (Wildman–Crippen LogP) is 4.09. The Labute approximate surface area is 171 Å². The summed E-state index contributed by atoms with van der Waals surface area (Å²) in [5, 5.41) is 11.6. The quantitative estimate of drug-likeness (QED) is 0.372. The number of anilines is 1. The number of carbonyl (C=O) groups excluding carboxylic acids is 1. The number of carbonyl (C=O) groups is 1. The van der Waals surface area contributed by atoms with Crippen molar-refractivity contribution in [3.63, 3.8) is 0 Å². The minimum Gasteiger partial charge on any atom is -0.471 e. The van der Waals surface area contributed by atoms with Crippen molar-refractivity contribution in [2.24, 2.45) is 10.3 Å². The third-order valence-corrected chi connectivity index (χ3v) is 4.05. The lowest BCUT2D eigenvalue weighted by Gasteiger charge is -2.11. The van der Waals surface area contributed by atoms with Gasteiger partial charge in [-0.3, -0.25) is 0 Å². The Kier molecular flexibility index (Phi) is 5.56. The number of amides is 2. The zero-order valence-corrected chi connectivity index (χ0v) is 16.1. The molecule has 0 bridgehead atoms. The Hall–Kier alpha value is -4.34. The molecule has 0 aliphatic rings. The second kappa shape index (κ2) is 8.78. The Morgan fingerprint density at radius 1 is 1.10 bits per heavy atom. The number of para-hydroxylation sites is 1. The molecule has 0 unspecified atom stereocenters. The fourth-order valence-corrected chi connectivity index (χ4v) is 2.54. The largest absolute Gasteiger partial charge is 0.471 e. The Bertz CT molecular complexity index is 1160. The summed E-state index contributed by atoms with van der Waals surface area (Å²) >= 11 is 0. The number of urea groups is 1. The highest BCUT2D eigenvalue weighted by Gasteiger charge is 2.13. The van der Waals surface area contributed by atoms with Crippen LogP contribution < -0.4 is 10.1 Å². The molecule has 30 heavy (non-hydrogen) atoms. The molecule has 0 spiro atoms. The summed E-state index contributed by atoms with van der Waals surface area (Å²) in [6.07, 6.45) is 1.50. The molecule has 10 heteroatoms. The van der Waals surface area contributed by atoms with Crippen LogP contribution in [0.4, 0.5) is 16.4 Å². The van der Waals surface area contributed by atoms with Crippen molar-refractivity contribution < 1.29 is 9.53 Å². The van der Waals surface area contributed by atoms with Gasteiger partial charge in [0.15, 0.2) is 5.65 Å². The van der Waals surface area contributed by atoms with Gasteiger partial charge in [0.2, 0.25) is 5.88 Å². The second-order valence-corrected chi connectivity index (χ2v) is 6.21. The number of aromatic amines is 1. The number of hydrogen-bond donors (Lipinski definition) is 2. The molecular formula is C20H18N8O2. The van der Waals surface area contributed by atoms with Crippen LogP contribution in [0.15, 0.2) is 77.3 Å². The average Bonchev–Trinajstić information content (AvgIpc) is 3.26. The number of ether oxygens (including phenoxy) is 1. The first-order valence-corrected chi connectivity index (χ1v) is 9.08. The van der Waals surface area contributed by atoms with E-state index < -0.39 is 6.03 Å². The first kappa shape index (κ1) is 19.0. The van der Waals surface area contributed by atoms with Gasteiger partial charge in [-0.1, -0.05) is 58.9 Å². The SMILES string of the molecule is CN(/N=N/c1nc(OCc2ccccc2)c2[nH]cnc2n1)C(=O)Nc1ccccc1. The van der Waals surface area contributed by atoms with Crippen molar-refractivity contribution in [2.75, 3.05) is 12.4 Å². The highest BCUT2D eigenvalue weighted by molar-refractivity contribution is 5.88. The number of H-pyrrole nitrogens is 1.